The van der Waals surface area contributed by atoms with E-state index in [0.29, 0.717) is 13.0 Å². The minimum atomic E-state index is -0.147. The Morgan fingerprint density at radius 2 is 2.13 bits per heavy atom. The molecular weight excluding hydrogens is 216 g/mol. The van der Waals surface area contributed by atoms with Gasteiger partial charge < -0.3 is 15.4 Å². The monoisotopic (exact) mass is 238 g/mol. The van der Waals surface area contributed by atoms with E-state index in [9.17, 15) is 4.79 Å². The lowest BCUT2D eigenvalue weighted by Gasteiger charge is -2.19. The van der Waals surface area contributed by atoms with Gasteiger partial charge >= 0.3 is 0 Å². The van der Waals surface area contributed by atoms with Crippen molar-refractivity contribution in [3.05, 3.63) is 0 Å². The number of nitrogens with zero attached hydrogens (tertiary/aromatic N) is 1. The van der Waals surface area contributed by atoms with E-state index < -0.39 is 0 Å². The number of methoxy groups -OCH3 is 1. The van der Waals surface area contributed by atoms with Crippen LogP contribution in [0.1, 0.15) is 26.2 Å². The summed E-state index contributed by atoms with van der Waals surface area (Å²) < 4.78 is 5.05. The molecule has 2 N–H and O–H groups in total. The first-order chi connectivity index (χ1) is 6.65. The predicted octanol–water partition coefficient (Wildman–Crippen LogP) is 1.03. The van der Waals surface area contributed by atoms with Crippen LogP contribution in [0.4, 0.5) is 0 Å². The van der Waals surface area contributed by atoms with Crippen molar-refractivity contribution in [3.8, 4) is 0 Å². The third kappa shape index (κ3) is 7.59. The first-order valence-corrected chi connectivity index (χ1v) is 5.12. The van der Waals surface area contributed by atoms with Gasteiger partial charge in [0, 0.05) is 27.2 Å². The number of nitrogens with two attached hydrogens (primary N) is 1. The molecule has 0 aromatic carbocycles. The standard InChI is InChI=1S/C10H22N2O2.ClH/c1-4-5-6-12(2)10(13)7-9(8-11)14-3;/h9H,4-8,11H2,1-3H3;1H. The zero-order valence-electron chi connectivity index (χ0n) is 9.86. The molecule has 0 aliphatic carbocycles. The molecule has 0 spiro atoms. The molecule has 0 aliphatic rings. The number of amides is 1. The van der Waals surface area contributed by atoms with Crippen molar-refractivity contribution in [2.45, 2.75) is 32.3 Å². The molecule has 0 aliphatic heterocycles. The maximum atomic E-state index is 11.6. The Hall–Kier alpha value is -0.320. The molecule has 1 atom stereocenters. The highest BCUT2D eigenvalue weighted by atomic mass is 35.5. The van der Waals surface area contributed by atoms with Gasteiger partial charge in [0.1, 0.15) is 0 Å². The lowest BCUT2D eigenvalue weighted by Crippen LogP contribution is -2.34. The van der Waals surface area contributed by atoms with Crippen molar-refractivity contribution >= 4 is 18.3 Å². The first kappa shape index (κ1) is 17.1. The van der Waals surface area contributed by atoms with Crippen LogP contribution >= 0.6 is 12.4 Å². The summed E-state index contributed by atoms with van der Waals surface area (Å²) in [5.41, 5.74) is 5.44. The average molecular weight is 239 g/mol. The summed E-state index contributed by atoms with van der Waals surface area (Å²) >= 11 is 0. The van der Waals surface area contributed by atoms with Gasteiger partial charge in [0.05, 0.1) is 12.5 Å². The topological polar surface area (TPSA) is 55.6 Å². The Morgan fingerprint density at radius 1 is 1.53 bits per heavy atom. The van der Waals surface area contributed by atoms with Gasteiger partial charge in [0.25, 0.3) is 0 Å². The quantitative estimate of drug-likeness (QED) is 0.721. The normalized spacial score (nSPS) is 11.7. The Morgan fingerprint density at radius 3 is 2.53 bits per heavy atom. The summed E-state index contributed by atoms with van der Waals surface area (Å²) in [5, 5.41) is 0. The molecule has 15 heavy (non-hydrogen) atoms. The second kappa shape index (κ2) is 10.2. The van der Waals surface area contributed by atoms with E-state index in [1.165, 1.54) is 0 Å². The number of hydrogen-bond donors (Lipinski definition) is 1. The van der Waals surface area contributed by atoms with Crippen LogP contribution < -0.4 is 5.73 Å². The van der Waals surface area contributed by atoms with E-state index in [2.05, 4.69) is 6.92 Å². The zero-order chi connectivity index (χ0) is 11.0. The van der Waals surface area contributed by atoms with Gasteiger partial charge in [-0.3, -0.25) is 4.79 Å². The van der Waals surface area contributed by atoms with Gasteiger partial charge in [0.2, 0.25) is 5.91 Å². The molecule has 0 fully saturated rings. The number of ether oxygens (including phenoxy) is 1. The third-order valence-corrected chi connectivity index (χ3v) is 2.27. The molecule has 1 amide bonds. The molecule has 0 aromatic heterocycles. The van der Waals surface area contributed by atoms with Crippen LogP contribution in [0.15, 0.2) is 0 Å². The molecule has 0 bridgehead atoms. The largest absolute Gasteiger partial charge is 0.380 e. The van der Waals surface area contributed by atoms with Gasteiger partial charge in [-0.15, -0.1) is 12.4 Å². The number of unbranched alkanes of at least 4 members (excludes halogenated alkanes) is 1. The minimum Gasteiger partial charge on any atom is -0.380 e. The van der Waals surface area contributed by atoms with E-state index in [-0.39, 0.29) is 24.4 Å². The van der Waals surface area contributed by atoms with Gasteiger partial charge in [-0.1, -0.05) is 13.3 Å². The molecule has 0 radical (unpaired) electrons. The van der Waals surface area contributed by atoms with Crippen molar-refractivity contribution in [2.75, 3.05) is 27.2 Å². The molecule has 0 saturated heterocycles. The lowest BCUT2D eigenvalue weighted by atomic mass is 10.2. The smallest absolute Gasteiger partial charge is 0.224 e. The second-order valence-electron chi connectivity index (χ2n) is 3.47. The summed E-state index contributed by atoms with van der Waals surface area (Å²) in [6.45, 7) is 3.32. The Kier molecular flexibility index (Phi) is 11.6. The van der Waals surface area contributed by atoms with E-state index in [1.807, 2.05) is 7.05 Å². The highest BCUT2D eigenvalue weighted by Crippen LogP contribution is 2.00. The first-order valence-electron chi connectivity index (χ1n) is 5.12. The second-order valence-corrected chi connectivity index (χ2v) is 3.47. The van der Waals surface area contributed by atoms with Crippen molar-refractivity contribution in [3.63, 3.8) is 0 Å². The fraction of sp³-hybridized carbons (Fsp3) is 0.900. The van der Waals surface area contributed by atoms with Crippen LogP contribution in [-0.2, 0) is 9.53 Å². The molecule has 0 saturated carbocycles. The molecular formula is C10H23ClN2O2. The van der Waals surface area contributed by atoms with Crippen molar-refractivity contribution in [1.82, 2.24) is 4.90 Å². The van der Waals surface area contributed by atoms with Crippen LogP contribution in [0.2, 0.25) is 0 Å². The van der Waals surface area contributed by atoms with Crippen LogP contribution in [0.25, 0.3) is 0 Å². The van der Waals surface area contributed by atoms with Gasteiger partial charge in [-0.2, -0.15) is 0 Å². The van der Waals surface area contributed by atoms with Crippen molar-refractivity contribution in [1.29, 1.82) is 0 Å². The van der Waals surface area contributed by atoms with Crippen molar-refractivity contribution in [2.24, 2.45) is 5.73 Å². The summed E-state index contributed by atoms with van der Waals surface area (Å²) in [4.78, 5) is 13.3. The zero-order valence-corrected chi connectivity index (χ0v) is 10.7. The molecule has 4 nitrogen and oxygen atoms in total. The third-order valence-electron chi connectivity index (χ3n) is 2.27. The van der Waals surface area contributed by atoms with E-state index in [0.717, 1.165) is 19.4 Å². The van der Waals surface area contributed by atoms with E-state index in [1.54, 1.807) is 12.0 Å². The summed E-state index contributed by atoms with van der Waals surface area (Å²) in [6.07, 6.45) is 2.38. The number of hydrogen-bond acceptors (Lipinski definition) is 3. The van der Waals surface area contributed by atoms with Crippen LogP contribution in [-0.4, -0.2) is 44.2 Å². The molecule has 5 heteroatoms. The Bertz CT molecular complexity index is 164. The highest BCUT2D eigenvalue weighted by molar-refractivity contribution is 5.85. The average Bonchev–Trinajstić information content (AvgIpc) is 2.21. The fourth-order valence-corrected chi connectivity index (χ4v) is 1.13. The van der Waals surface area contributed by atoms with Crippen LogP contribution in [0, 0.1) is 0 Å². The Balaban J connectivity index is 0. The van der Waals surface area contributed by atoms with Crippen LogP contribution in [0.5, 0.6) is 0 Å². The van der Waals surface area contributed by atoms with Gasteiger partial charge in [0.15, 0.2) is 0 Å². The van der Waals surface area contributed by atoms with Gasteiger partial charge in [-0.25, -0.2) is 0 Å². The van der Waals surface area contributed by atoms with E-state index >= 15 is 0 Å². The Labute approximate surface area is 98.6 Å². The van der Waals surface area contributed by atoms with E-state index in [4.69, 9.17) is 10.5 Å². The maximum absolute atomic E-state index is 11.6. The minimum absolute atomic E-state index is 0. The SMILES string of the molecule is CCCCN(C)C(=O)CC(CN)OC.Cl. The number of carbonyl (C=O) groups is 1. The number of rotatable bonds is 7. The molecule has 0 heterocycles. The van der Waals surface area contributed by atoms with Gasteiger partial charge in [-0.05, 0) is 6.42 Å². The number of carbonyl (C=O) groups excluding carboxylic acids is 1. The lowest BCUT2D eigenvalue weighted by molar-refractivity contribution is -0.132. The van der Waals surface area contributed by atoms with Crippen molar-refractivity contribution < 1.29 is 9.53 Å². The summed E-state index contributed by atoms with van der Waals surface area (Å²) in [6, 6.07) is 0. The number of halogens is 1. The summed E-state index contributed by atoms with van der Waals surface area (Å²) in [5.74, 6) is 0.107. The molecule has 1 unspecified atom stereocenters. The molecule has 92 valence electrons. The van der Waals surface area contributed by atoms with Crippen LogP contribution in [0.3, 0.4) is 0 Å². The molecule has 0 aromatic rings. The predicted molar refractivity (Wildman–Crippen MR) is 64.3 cm³/mol. The maximum Gasteiger partial charge on any atom is 0.224 e. The fourth-order valence-electron chi connectivity index (χ4n) is 1.13. The molecule has 0 rings (SSSR count). The highest BCUT2D eigenvalue weighted by Gasteiger charge is 2.14. The summed E-state index contributed by atoms with van der Waals surface area (Å²) in [7, 11) is 3.40.